The molecule has 2 atom stereocenters. The number of ether oxygens (including phenoxy) is 2. The number of allylic oxidation sites excluding steroid dienone is 1. The Morgan fingerprint density at radius 1 is 1.00 bits per heavy atom. The number of nitrogens with zero attached hydrogens (tertiary/aromatic N) is 3. The second-order valence-corrected chi connectivity index (χ2v) is 15.2. The Kier molecular flexibility index (Phi) is 10.9. The topological polar surface area (TPSA) is 170 Å². The van der Waals surface area contributed by atoms with E-state index < -0.39 is 58.6 Å². The molecule has 0 radical (unpaired) electrons. The molecule has 0 bridgehead atoms. The van der Waals surface area contributed by atoms with Gasteiger partial charge in [-0.25, -0.2) is 0 Å². The van der Waals surface area contributed by atoms with E-state index in [1.54, 1.807) is 35.2 Å². The van der Waals surface area contributed by atoms with Gasteiger partial charge in [0.2, 0.25) is 16.9 Å². The second-order valence-electron chi connectivity index (χ2n) is 14.2. The van der Waals surface area contributed by atoms with Crippen molar-refractivity contribution in [3.8, 4) is 11.8 Å². The highest BCUT2D eigenvalue weighted by atomic mass is 32.2. The van der Waals surface area contributed by atoms with E-state index in [9.17, 15) is 42.4 Å². The molecule has 0 aliphatic carbocycles. The fourth-order valence-electron chi connectivity index (χ4n) is 7.46. The van der Waals surface area contributed by atoms with E-state index >= 15 is 0 Å². The van der Waals surface area contributed by atoms with Crippen molar-refractivity contribution in [2.75, 3.05) is 49.7 Å². The third kappa shape index (κ3) is 7.59. The number of fused-ring (bicyclic) bond motifs is 1. The highest BCUT2D eigenvalue weighted by molar-refractivity contribution is 8.17. The van der Waals surface area contributed by atoms with Crippen LogP contribution in [0.3, 0.4) is 0 Å². The van der Waals surface area contributed by atoms with Gasteiger partial charge in [-0.3, -0.25) is 39.5 Å². The van der Waals surface area contributed by atoms with Gasteiger partial charge in [0.05, 0.1) is 47.0 Å². The summed E-state index contributed by atoms with van der Waals surface area (Å²) in [5.74, 6) is -1.76. The number of nitrogens with one attached hydrogen (secondary N) is 3. The lowest BCUT2D eigenvalue weighted by atomic mass is 9.81. The van der Waals surface area contributed by atoms with Crippen molar-refractivity contribution in [2.24, 2.45) is 5.41 Å². The van der Waals surface area contributed by atoms with E-state index in [0.717, 1.165) is 33.9 Å². The summed E-state index contributed by atoms with van der Waals surface area (Å²) in [4.78, 5) is 67.1. The second kappa shape index (κ2) is 15.7. The number of carbonyl (C=O) groups is 5. The zero-order valence-corrected chi connectivity index (χ0v) is 31.6. The predicted octanol–water partition coefficient (Wildman–Crippen LogP) is 4.93. The van der Waals surface area contributed by atoms with Crippen molar-refractivity contribution < 1.29 is 46.6 Å². The molecule has 3 aromatic carbocycles. The van der Waals surface area contributed by atoms with Gasteiger partial charge in [0.25, 0.3) is 11.8 Å². The van der Waals surface area contributed by atoms with Crippen LogP contribution in [0.15, 0.2) is 65.6 Å². The number of imide groups is 2. The number of rotatable bonds is 12. The average molecular weight is 803 g/mol. The minimum atomic E-state index is -4.71. The number of amides is 4. The van der Waals surface area contributed by atoms with Gasteiger partial charge in [-0.2, -0.15) is 18.4 Å². The van der Waals surface area contributed by atoms with E-state index in [1.165, 1.54) is 18.2 Å². The van der Waals surface area contributed by atoms with Crippen LogP contribution >= 0.6 is 11.8 Å². The predicted molar refractivity (Wildman–Crippen MR) is 203 cm³/mol. The van der Waals surface area contributed by atoms with Crippen LogP contribution in [0.4, 0.5) is 24.5 Å². The van der Waals surface area contributed by atoms with Crippen LogP contribution in [0.1, 0.15) is 64.1 Å². The van der Waals surface area contributed by atoms with E-state index in [-0.39, 0.29) is 54.6 Å². The third-order valence-electron chi connectivity index (χ3n) is 10.3. The minimum Gasteiger partial charge on any atom is -0.491 e. The Labute approximate surface area is 329 Å². The van der Waals surface area contributed by atoms with Crippen LogP contribution in [-0.2, 0) is 25.3 Å². The Morgan fingerprint density at radius 3 is 2.49 bits per heavy atom. The lowest BCUT2D eigenvalue weighted by molar-refractivity contribution is -0.138. The first-order valence-corrected chi connectivity index (χ1v) is 19.0. The number of anilines is 2. The summed E-state index contributed by atoms with van der Waals surface area (Å²) >= 11 is 1.08. The van der Waals surface area contributed by atoms with Gasteiger partial charge in [-0.1, -0.05) is 30.0 Å². The third-order valence-corrected chi connectivity index (χ3v) is 11.6. The van der Waals surface area contributed by atoms with E-state index in [2.05, 4.69) is 16.0 Å². The quantitative estimate of drug-likeness (QED) is 0.167. The first kappa shape index (κ1) is 39.5. The molecule has 17 heteroatoms. The van der Waals surface area contributed by atoms with Crippen LogP contribution in [0, 0.1) is 16.7 Å². The van der Waals surface area contributed by atoms with E-state index in [1.807, 2.05) is 26.0 Å². The molecule has 57 heavy (non-hydrogen) atoms. The monoisotopic (exact) mass is 802 g/mol. The zero-order chi connectivity index (χ0) is 40.6. The first-order chi connectivity index (χ1) is 27.2. The fraction of sp³-hybridized carbons (Fsp3) is 0.350. The maximum atomic E-state index is 13.8. The summed E-state index contributed by atoms with van der Waals surface area (Å²) < 4.78 is 53.0. The van der Waals surface area contributed by atoms with Crippen molar-refractivity contribution in [1.29, 1.82) is 5.26 Å². The maximum absolute atomic E-state index is 13.8. The van der Waals surface area contributed by atoms with Crippen molar-refractivity contribution in [3.05, 3.63) is 93.4 Å². The molecule has 296 valence electrons. The molecule has 3 N–H and O–H groups in total. The summed E-state index contributed by atoms with van der Waals surface area (Å²) in [7, 11) is 0. The Bertz CT molecular complexity index is 2240. The van der Waals surface area contributed by atoms with Gasteiger partial charge in [0, 0.05) is 42.3 Å². The van der Waals surface area contributed by atoms with Crippen LogP contribution in [-0.4, -0.2) is 85.3 Å². The molecule has 4 aliphatic rings. The summed E-state index contributed by atoms with van der Waals surface area (Å²) in [6, 6.07) is 16.2. The molecule has 2 fully saturated rings. The zero-order valence-electron chi connectivity index (χ0n) is 30.8. The molecule has 7 rings (SSSR count). The Balaban J connectivity index is 0.947. The van der Waals surface area contributed by atoms with Crippen LogP contribution in [0.2, 0.25) is 0 Å². The number of alkyl halides is 3. The lowest BCUT2D eigenvalue weighted by Crippen LogP contribution is -2.54. The molecule has 4 heterocycles. The maximum Gasteiger partial charge on any atom is 0.417 e. The molecule has 2 saturated heterocycles. The molecule has 0 saturated carbocycles. The molecule has 0 aromatic heterocycles. The van der Waals surface area contributed by atoms with Crippen molar-refractivity contribution in [3.63, 3.8) is 0 Å². The molecule has 13 nitrogen and oxygen atoms in total. The van der Waals surface area contributed by atoms with E-state index in [4.69, 9.17) is 9.47 Å². The molecule has 3 aromatic rings. The standard InChI is InChI=1S/C40H37F3N6O7S/c1-39(2)32(33(57-38(39)54)34-46-14-16-48(34)24-9-6-23(21-44)27(20-24)40(41,42)43)22-7-10-25(11-8-22)56-19-18-55-17-15-45-28-5-3-4-26-31(28)37(53)49(36(26)52)29-12-13-30(50)47-35(29)51/h3-11,20,29,34,45-46H,12-19H2,1-2H3,(H,47,50,51). The van der Waals surface area contributed by atoms with Crippen LogP contribution in [0.25, 0.3) is 5.57 Å². The summed E-state index contributed by atoms with van der Waals surface area (Å²) in [6.45, 7) is 5.51. The summed E-state index contributed by atoms with van der Waals surface area (Å²) in [5.41, 5.74) is 0.205. The minimum absolute atomic E-state index is 0.0300. The van der Waals surface area contributed by atoms with Gasteiger partial charge in [-0.15, -0.1) is 0 Å². The summed E-state index contributed by atoms with van der Waals surface area (Å²) in [5, 5.41) is 17.8. The number of nitriles is 1. The van der Waals surface area contributed by atoms with Crippen LogP contribution in [0.5, 0.6) is 5.75 Å². The number of hydrogen-bond acceptors (Lipinski definition) is 12. The molecule has 4 amide bonds. The highest BCUT2D eigenvalue weighted by Crippen LogP contribution is 2.53. The van der Waals surface area contributed by atoms with Gasteiger partial charge in [0.1, 0.15) is 24.6 Å². The number of hydrogen-bond donors (Lipinski definition) is 3. The van der Waals surface area contributed by atoms with Crippen LogP contribution < -0.4 is 25.6 Å². The SMILES string of the molecule is CC1(C)C(=O)SC(C2NCCN2c2ccc(C#N)c(C(F)(F)F)c2)=C1c1ccc(OCCOCCNc2cccc3c2C(=O)N(C2CCC(=O)NC2=O)C3=O)cc1. The van der Waals surface area contributed by atoms with E-state index in [0.29, 0.717) is 36.0 Å². The largest absolute Gasteiger partial charge is 0.491 e. The normalized spacial score (nSPS) is 20.6. The average Bonchev–Trinajstić information content (AvgIpc) is 3.83. The number of halogens is 3. The van der Waals surface area contributed by atoms with Crippen molar-refractivity contribution in [1.82, 2.24) is 15.5 Å². The molecule has 0 spiro atoms. The summed E-state index contributed by atoms with van der Waals surface area (Å²) in [6.07, 6.45) is -5.17. The number of carbonyl (C=O) groups excluding carboxylic acids is 5. The molecular formula is C40H37F3N6O7S. The molecule has 2 unspecified atom stereocenters. The highest BCUT2D eigenvalue weighted by Gasteiger charge is 2.47. The first-order valence-electron chi connectivity index (χ1n) is 18.2. The Hall–Kier alpha value is -5.70. The van der Waals surface area contributed by atoms with Crippen molar-refractivity contribution in [2.45, 2.75) is 45.1 Å². The fourth-order valence-corrected chi connectivity index (χ4v) is 8.81. The van der Waals surface area contributed by atoms with Crippen molar-refractivity contribution >= 4 is 57.5 Å². The van der Waals surface area contributed by atoms with Gasteiger partial charge >= 0.3 is 6.18 Å². The lowest BCUT2D eigenvalue weighted by Gasteiger charge is -2.29. The van der Waals surface area contributed by atoms with Gasteiger partial charge in [-0.05, 0) is 73.9 Å². The Morgan fingerprint density at radius 2 is 1.77 bits per heavy atom. The molecular weight excluding hydrogens is 766 g/mol. The number of benzene rings is 3. The van der Waals surface area contributed by atoms with Gasteiger partial charge in [0.15, 0.2) is 0 Å². The number of thioether (sulfide) groups is 1. The molecule has 4 aliphatic heterocycles. The number of piperidine rings is 1. The smallest absolute Gasteiger partial charge is 0.417 e. The van der Waals surface area contributed by atoms with Gasteiger partial charge < -0.3 is 19.7 Å².